The van der Waals surface area contributed by atoms with Crippen molar-refractivity contribution < 1.29 is 18.0 Å². The molecule has 1 fully saturated rings. The monoisotopic (exact) mass is 449 g/mol. The molecule has 0 aliphatic carbocycles. The lowest BCUT2D eigenvalue weighted by molar-refractivity contribution is -0.137. The van der Waals surface area contributed by atoms with Gasteiger partial charge < -0.3 is 10.2 Å². The Kier molecular flexibility index (Phi) is 6.10. The van der Waals surface area contributed by atoms with Crippen molar-refractivity contribution in [3.8, 4) is 16.3 Å². The van der Waals surface area contributed by atoms with Gasteiger partial charge in [0.25, 0.3) is 5.91 Å². The average molecular weight is 450 g/mol. The van der Waals surface area contributed by atoms with Gasteiger partial charge in [0, 0.05) is 36.3 Å². The molecule has 10 heteroatoms. The molecule has 164 valence electrons. The third-order valence-corrected chi connectivity index (χ3v) is 6.10. The second-order valence-corrected chi connectivity index (χ2v) is 8.23. The van der Waals surface area contributed by atoms with Gasteiger partial charge in [-0.2, -0.15) is 18.3 Å². The zero-order valence-corrected chi connectivity index (χ0v) is 17.7. The predicted molar refractivity (Wildman–Crippen MR) is 112 cm³/mol. The number of thiazole rings is 1. The third kappa shape index (κ3) is 4.49. The van der Waals surface area contributed by atoms with Crippen molar-refractivity contribution in [2.75, 3.05) is 19.6 Å². The molecule has 1 amide bonds. The van der Waals surface area contributed by atoms with Crippen molar-refractivity contribution in [2.24, 2.45) is 0 Å². The molecule has 1 aliphatic rings. The molecule has 0 spiro atoms. The Hall–Kier alpha value is -2.72. The normalized spacial score (nSPS) is 16.6. The number of alkyl halides is 3. The van der Waals surface area contributed by atoms with Gasteiger partial charge in [-0.1, -0.05) is 19.1 Å². The Morgan fingerprint density at radius 2 is 2.16 bits per heavy atom. The molecule has 4 rings (SSSR count). The Morgan fingerprint density at radius 3 is 2.87 bits per heavy atom. The molecule has 3 heterocycles. The molecule has 6 nitrogen and oxygen atoms in total. The van der Waals surface area contributed by atoms with Crippen LogP contribution in [0.15, 0.2) is 42.0 Å². The fraction of sp³-hybridized carbons (Fsp3) is 0.381. The number of carbonyl (C=O) groups excluding carboxylic acids is 1. The van der Waals surface area contributed by atoms with Crippen molar-refractivity contribution in [3.05, 3.63) is 53.3 Å². The lowest BCUT2D eigenvalue weighted by atomic mass is 10.1. The van der Waals surface area contributed by atoms with E-state index in [4.69, 9.17) is 0 Å². The van der Waals surface area contributed by atoms with E-state index in [1.807, 2.05) is 11.8 Å². The van der Waals surface area contributed by atoms with Crippen molar-refractivity contribution in [3.63, 3.8) is 0 Å². The van der Waals surface area contributed by atoms with E-state index in [1.54, 1.807) is 5.38 Å². The van der Waals surface area contributed by atoms with Crippen molar-refractivity contribution in [2.45, 2.75) is 32.0 Å². The van der Waals surface area contributed by atoms with Crippen LogP contribution < -0.4 is 5.32 Å². The number of hydrogen-bond donors (Lipinski definition) is 1. The number of carbonyl (C=O) groups is 1. The molecule has 1 aliphatic heterocycles. The highest BCUT2D eigenvalue weighted by Gasteiger charge is 2.34. The fourth-order valence-corrected chi connectivity index (χ4v) is 4.50. The van der Waals surface area contributed by atoms with Gasteiger partial charge >= 0.3 is 6.18 Å². The van der Waals surface area contributed by atoms with E-state index in [-0.39, 0.29) is 17.6 Å². The summed E-state index contributed by atoms with van der Waals surface area (Å²) in [4.78, 5) is 19.4. The van der Waals surface area contributed by atoms with Crippen LogP contribution in [0, 0.1) is 0 Å². The maximum atomic E-state index is 13.3. The molecule has 2 aromatic heterocycles. The summed E-state index contributed by atoms with van der Waals surface area (Å²) >= 11 is 1.28. The largest absolute Gasteiger partial charge is 0.418 e. The SMILES string of the molecule is CCCN(C(=O)c1csc(-c2cnn(-c3ccccc3C(F)(F)F)c2)n1)[C@@H]1CCNC1. The summed E-state index contributed by atoms with van der Waals surface area (Å²) in [5.41, 5.74) is 0.0893. The van der Waals surface area contributed by atoms with Gasteiger partial charge in [0.15, 0.2) is 0 Å². The van der Waals surface area contributed by atoms with Crippen LogP contribution in [0.4, 0.5) is 13.2 Å². The minimum atomic E-state index is -4.48. The molecule has 1 atom stereocenters. The number of para-hydroxylation sites is 1. The van der Waals surface area contributed by atoms with Gasteiger partial charge in [-0.05, 0) is 31.5 Å². The number of hydrogen-bond acceptors (Lipinski definition) is 5. The minimum absolute atomic E-state index is 0.0584. The number of halogens is 3. The number of aromatic nitrogens is 3. The lowest BCUT2D eigenvalue weighted by Gasteiger charge is -2.27. The average Bonchev–Trinajstić information content (AvgIpc) is 3.52. The second kappa shape index (κ2) is 8.80. The molecule has 1 saturated heterocycles. The van der Waals surface area contributed by atoms with Crippen LogP contribution in [0.3, 0.4) is 0 Å². The quantitative estimate of drug-likeness (QED) is 0.612. The van der Waals surface area contributed by atoms with Crippen LogP contribution >= 0.6 is 11.3 Å². The van der Waals surface area contributed by atoms with Gasteiger partial charge in [0.05, 0.1) is 17.4 Å². The molecular formula is C21H22F3N5OS. The Morgan fingerprint density at radius 1 is 1.35 bits per heavy atom. The van der Waals surface area contributed by atoms with Crippen LogP contribution in [0.25, 0.3) is 16.3 Å². The summed E-state index contributed by atoms with van der Waals surface area (Å²) in [6, 6.07) is 5.43. The zero-order valence-electron chi connectivity index (χ0n) is 16.9. The molecule has 0 bridgehead atoms. The maximum absolute atomic E-state index is 13.3. The first-order valence-corrected chi connectivity index (χ1v) is 10.9. The van der Waals surface area contributed by atoms with E-state index in [2.05, 4.69) is 15.4 Å². The van der Waals surface area contributed by atoms with E-state index in [0.717, 1.165) is 32.0 Å². The molecule has 0 unspecified atom stereocenters. The van der Waals surface area contributed by atoms with Crippen molar-refractivity contribution in [1.82, 2.24) is 25.0 Å². The third-order valence-electron chi connectivity index (χ3n) is 5.21. The summed E-state index contributed by atoms with van der Waals surface area (Å²) in [6.07, 6.45) is 0.243. The van der Waals surface area contributed by atoms with E-state index in [0.29, 0.717) is 22.8 Å². The van der Waals surface area contributed by atoms with E-state index >= 15 is 0 Å². The number of benzene rings is 1. The molecule has 1 N–H and O–H groups in total. The number of amides is 1. The number of nitrogens with one attached hydrogen (secondary N) is 1. The highest BCUT2D eigenvalue weighted by molar-refractivity contribution is 7.13. The van der Waals surface area contributed by atoms with Crippen LogP contribution in [0.2, 0.25) is 0 Å². The molecular weight excluding hydrogens is 427 g/mol. The maximum Gasteiger partial charge on any atom is 0.418 e. The Bertz CT molecular complexity index is 1060. The van der Waals surface area contributed by atoms with Gasteiger partial charge in [-0.15, -0.1) is 11.3 Å². The summed E-state index contributed by atoms with van der Waals surface area (Å²) in [5.74, 6) is -0.118. The molecule has 0 saturated carbocycles. The summed E-state index contributed by atoms with van der Waals surface area (Å²) in [6.45, 7) is 4.35. The second-order valence-electron chi connectivity index (χ2n) is 7.37. The molecule has 1 aromatic carbocycles. The Labute approximate surface area is 181 Å². The number of nitrogens with zero attached hydrogens (tertiary/aromatic N) is 4. The van der Waals surface area contributed by atoms with Crippen LogP contribution in [-0.2, 0) is 6.18 Å². The molecule has 0 radical (unpaired) electrons. The Balaban J connectivity index is 1.58. The standard InChI is InChI=1S/C21H22F3N5OS/c1-2-9-28(15-7-8-25-11-15)20(30)17-13-31-19(27-17)14-10-26-29(12-14)18-6-4-3-5-16(18)21(22,23)24/h3-6,10,12-13,15,25H,2,7-9,11H2,1H3/t15-/m1/s1. The highest BCUT2D eigenvalue weighted by atomic mass is 32.1. The summed E-state index contributed by atoms with van der Waals surface area (Å²) in [7, 11) is 0. The first-order chi connectivity index (χ1) is 14.9. The zero-order chi connectivity index (χ0) is 22.0. The van der Waals surface area contributed by atoms with Crippen LogP contribution in [-0.4, -0.2) is 51.2 Å². The van der Waals surface area contributed by atoms with Gasteiger partial charge in [0.1, 0.15) is 10.7 Å². The van der Waals surface area contributed by atoms with E-state index in [1.165, 1.54) is 46.6 Å². The van der Waals surface area contributed by atoms with E-state index in [9.17, 15) is 18.0 Å². The smallest absolute Gasteiger partial charge is 0.333 e. The minimum Gasteiger partial charge on any atom is -0.333 e. The summed E-state index contributed by atoms with van der Waals surface area (Å²) in [5, 5.41) is 9.62. The first-order valence-electron chi connectivity index (χ1n) is 10.1. The van der Waals surface area contributed by atoms with Crippen LogP contribution in [0.5, 0.6) is 0 Å². The van der Waals surface area contributed by atoms with Gasteiger partial charge in [0.2, 0.25) is 0 Å². The van der Waals surface area contributed by atoms with Crippen molar-refractivity contribution in [1.29, 1.82) is 0 Å². The van der Waals surface area contributed by atoms with Crippen LogP contribution in [0.1, 0.15) is 35.8 Å². The van der Waals surface area contributed by atoms with Gasteiger partial charge in [-0.25, -0.2) is 9.67 Å². The number of rotatable bonds is 6. The highest BCUT2D eigenvalue weighted by Crippen LogP contribution is 2.34. The molecule has 31 heavy (non-hydrogen) atoms. The first kappa shape index (κ1) is 21.5. The van der Waals surface area contributed by atoms with E-state index < -0.39 is 11.7 Å². The molecule has 3 aromatic rings. The van der Waals surface area contributed by atoms with Gasteiger partial charge in [-0.3, -0.25) is 4.79 Å². The fourth-order valence-electron chi connectivity index (χ4n) is 3.73. The summed E-state index contributed by atoms with van der Waals surface area (Å²) < 4.78 is 41.2. The lowest BCUT2D eigenvalue weighted by Crippen LogP contribution is -2.42. The topological polar surface area (TPSA) is 63.1 Å². The van der Waals surface area contributed by atoms with Crippen molar-refractivity contribution >= 4 is 17.2 Å². The predicted octanol–water partition coefficient (Wildman–Crippen LogP) is 4.23.